The molecule has 0 fully saturated rings. The first-order chi connectivity index (χ1) is 8.26. The molecule has 0 radical (unpaired) electrons. The molecule has 0 spiro atoms. The average molecular weight is 238 g/mol. The maximum atomic E-state index is 5.03. The number of rotatable bonds is 9. The van der Waals surface area contributed by atoms with Gasteiger partial charge in [0, 0.05) is 31.7 Å². The van der Waals surface area contributed by atoms with Gasteiger partial charge in [-0.05, 0) is 18.5 Å². The van der Waals surface area contributed by atoms with Gasteiger partial charge in [0.2, 0.25) is 0 Å². The van der Waals surface area contributed by atoms with Crippen molar-refractivity contribution in [1.82, 2.24) is 10.2 Å². The van der Waals surface area contributed by atoms with Crippen molar-refractivity contribution in [1.29, 1.82) is 0 Å². The second-order valence-electron chi connectivity index (χ2n) is 4.72. The Morgan fingerprint density at radius 2 is 2.24 bits per heavy atom. The zero-order chi connectivity index (χ0) is 12.5. The summed E-state index contributed by atoms with van der Waals surface area (Å²) in [5, 5.41) is 3.44. The summed E-state index contributed by atoms with van der Waals surface area (Å²) in [6, 6.07) is 2.00. The van der Waals surface area contributed by atoms with E-state index in [0.29, 0.717) is 0 Å². The zero-order valence-corrected chi connectivity index (χ0v) is 11.4. The SMILES string of the molecule is CCC(C)CN(CC)CCNCc1ccoc1. The van der Waals surface area contributed by atoms with E-state index < -0.39 is 0 Å². The van der Waals surface area contributed by atoms with Crippen molar-refractivity contribution in [3.8, 4) is 0 Å². The molecule has 98 valence electrons. The number of hydrogen-bond donors (Lipinski definition) is 1. The Morgan fingerprint density at radius 3 is 2.82 bits per heavy atom. The van der Waals surface area contributed by atoms with Crippen LogP contribution in [-0.2, 0) is 6.54 Å². The molecule has 0 saturated heterocycles. The van der Waals surface area contributed by atoms with Gasteiger partial charge in [-0.25, -0.2) is 0 Å². The second-order valence-corrected chi connectivity index (χ2v) is 4.72. The minimum absolute atomic E-state index is 0.795. The number of nitrogens with one attached hydrogen (secondary N) is 1. The third kappa shape index (κ3) is 5.89. The van der Waals surface area contributed by atoms with Crippen molar-refractivity contribution in [2.45, 2.75) is 33.7 Å². The van der Waals surface area contributed by atoms with Gasteiger partial charge in [-0.15, -0.1) is 0 Å². The molecule has 1 heterocycles. The second kappa shape index (κ2) is 8.31. The van der Waals surface area contributed by atoms with Crippen LogP contribution in [0.1, 0.15) is 32.8 Å². The third-order valence-corrected chi connectivity index (χ3v) is 3.23. The van der Waals surface area contributed by atoms with Gasteiger partial charge in [-0.2, -0.15) is 0 Å². The van der Waals surface area contributed by atoms with Crippen LogP contribution in [0.3, 0.4) is 0 Å². The van der Waals surface area contributed by atoms with Crippen LogP contribution in [0.5, 0.6) is 0 Å². The van der Waals surface area contributed by atoms with E-state index in [2.05, 4.69) is 31.0 Å². The smallest absolute Gasteiger partial charge is 0.0947 e. The minimum Gasteiger partial charge on any atom is -0.472 e. The molecule has 0 aliphatic heterocycles. The van der Waals surface area contributed by atoms with Gasteiger partial charge < -0.3 is 14.6 Å². The number of furan rings is 1. The molecule has 1 atom stereocenters. The molecule has 0 bridgehead atoms. The Hall–Kier alpha value is -0.800. The van der Waals surface area contributed by atoms with Crippen molar-refractivity contribution in [3.05, 3.63) is 24.2 Å². The highest BCUT2D eigenvalue weighted by molar-refractivity contribution is 5.04. The van der Waals surface area contributed by atoms with E-state index in [1.165, 1.54) is 18.5 Å². The van der Waals surface area contributed by atoms with E-state index in [9.17, 15) is 0 Å². The van der Waals surface area contributed by atoms with Crippen molar-refractivity contribution < 1.29 is 4.42 Å². The molecule has 1 aromatic rings. The van der Waals surface area contributed by atoms with E-state index in [-0.39, 0.29) is 0 Å². The van der Waals surface area contributed by atoms with Crippen molar-refractivity contribution in [2.75, 3.05) is 26.2 Å². The fraction of sp³-hybridized carbons (Fsp3) is 0.714. The first-order valence-corrected chi connectivity index (χ1v) is 6.70. The van der Waals surface area contributed by atoms with Gasteiger partial charge in [0.25, 0.3) is 0 Å². The van der Waals surface area contributed by atoms with Crippen molar-refractivity contribution in [2.24, 2.45) is 5.92 Å². The van der Waals surface area contributed by atoms with Crippen LogP contribution in [0.15, 0.2) is 23.0 Å². The Bertz CT molecular complexity index is 272. The van der Waals surface area contributed by atoms with Crippen LogP contribution in [0.4, 0.5) is 0 Å². The molecule has 1 N–H and O–H groups in total. The van der Waals surface area contributed by atoms with Crippen molar-refractivity contribution in [3.63, 3.8) is 0 Å². The van der Waals surface area contributed by atoms with Gasteiger partial charge in [0.15, 0.2) is 0 Å². The quantitative estimate of drug-likeness (QED) is 0.671. The average Bonchev–Trinajstić information content (AvgIpc) is 2.85. The van der Waals surface area contributed by atoms with Crippen molar-refractivity contribution >= 4 is 0 Å². The highest BCUT2D eigenvalue weighted by Crippen LogP contribution is 2.03. The standard InChI is InChI=1S/C14H26N2O/c1-4-13(3)11-16(5-2)8-7-15-10-14-6-9-17-12-14/h6,9,12-13,15H,4-5,7-8,10-11H2,1-3H3. The molecule has 1 unspecified atom stereocenters. The topological polar surface area (TPSA) is 28.4 Å². The van der Waals surface area contributed by atoms with Crippen LogP contribution in [0, 0.1) is 5.92 Å². The molecule has 0 amide bonds. The highest BCUT2D eigenvalue weighted by atomic mass is 16.3. The summed E-state index contributed by atoms with van der Waals surface area (Å²) in [6.45, 7) is 12.2. The molecular weight excluding hydrogens is 212 g/mol. The Morgan fingerprint density at radius 1 is 1.41 bits per heavy atom. The van der Waals surface area contributed by atoms with Crippen LogP contribution in [0.2, 0.25) is 0 Å². The first kappa shape index (κ1) is 14.3. The third-order valence-electron chi connectivity index (χ3n) is 3.23. The maximum absolute atomic E-state index is 5.03. The van der Waals surface area contributed by atoms with E-state index >= 15 is 0 Å². The first-order valence-electron chi connectivity index (χ1n) is 6.70. The Kier molecular flexibility index (Phi) is 6.97. The summed E-state index contributed by atoms with van der Waals surface area (Å²) >= 11 is 0. The maximum Gasteiger partial charge on any atom is 0.0947 e. The molecule has 0 aliphatic rings. The van der Waals surface area contributed by atoms with E-state index in [4.69, 9.17) is 4.42 Å². The monoisotopic (exact) mass is 238 g/mol. The molecule has 3 heteroatoms. The lowest BCUT2D eigenvalue weighted by Crippen LogP contribution is -2.34. The van der Waals surface area contributed by atoms with Gasteiger partial charge in [0.1, 0.15) is 0 Å². The zero-order valence-electron chi connectivity index (χ0n) is 11.4. The molecule has 1 aromatic heterocycles. The molecule has 0 aromatic carbocycles. The molecule has 3 nitrogen and oxygen atoms in total. The van der Waals surface area contributed by atoms with E-state index in [1.807, 2.05) is 6.07 Å². The summed E-state index contributed by atoms with van der Waals surface area (Å²) in [4.78, 5) is 2.51. The highest BCUT2D eigenvalue weighted by Gasteiger charge is 2.06. The van der Waals surface area contributed by atoms with E-state index in [0.717, 1.165) is 32.1 Å². The summed E-state index contributed by atoms with van der Waals surface area (Å²) in [5.74, 6) is 0.795. The van der Waals surface area contributed by atoms with Gasteiger partial charge in [-0.3, -0.25) is 0 Å². The van der Waals surface area contributed by atoms with Crippen LogP contribution in [0.25, 0.3) is 0 Å². The molecular formula is C14H26N2O. The number of likely N-dealkylation sites (N-methyl/N-ethyl adjacent to an activating group) is 1. The normalized spacial score (nSPS) is 13.2. The Balaban J connectivity index is 2.11. The summed E-state index contributed by atoms with van der Waals surface area (Å²) in [7, 11) is 0. The van der Waals surface area contributed by atoms with Crippen LogP contribution < -0.4 is 5.32 Å². The van der Waals surface area contributed by atoms with Gasteiger partial charge in [-0.1, -0.05) is 27.2 Å². The fourth-order valence-electron chi connectivity index (χ4n) is 1.81. The fourth-order valence-corrected chi connectivity index (χ4v) is 1.81. The molecule has 0 aliphatic carbocycles. The van der Waals surface area contributed by atoms with Gasteiger partial charge >= 0.3 is 0 Å². The predicted octanol–water partition coefficient (Wildman–Crippen LogP) is 2.74. The molecule has 1 rings (SSSR count). The molecule has 17 heavy (non-hydrogen) atoms. The van der Waals surface area contributed by atoms with Crippen LogP contribution in [-0.4, -0.2) is 31.1 Å². The van der Waals surface area contributed by atoms with Gasteiger partial charge in [0.05, 0.1) is 12.5 Å². The lowest BCUT2D eigenvalue weighted by molar-refractivity contribution is 0.245. The lowest BCUT2D eigenvalue weighted by Gasteiger charge is -2.23. The largest absolute Gasteiger partial charge is 0.472 e. The van der Waals surface area contributed by atoms with Crippen LogP contribution >= 0.6 is 0 Å². The minimum atomic E-state index is 0.795. The lowest BCUT2D eigenvalue weighted by atomic mass is 10.1. The number of hydrogen-bond acceptors (Lipinski definition) is 3. The summed E-state index contributed by atoms with van der Waals surface area (Å²) < 4.78 is 5.03. The molecule has 0 saturated carbocycles. The van der Waals surface area contributed by atoms with E-state index in [1.54, 1.807) is 12.5 Å². The predicted molar refractivity (Wildman–Crippen MR) is 72.0 cm³/mol. The Labute approximate surface area is 105 Å². The number of nitrogens with zero attached hydrogens (tertiary/aromatic N) is 1. The summed E-state index contributed by atoms with van der Waals surface area (Å²) in [5.41, 5.74) is 1.22. The summed E-state index contributed by atoms with van der Waals surface area (Å²) in [6.07, 6.45) is 4.78.